The van der Waals surface area contributed by atoms with Crippen LogP contribution >= 0.6 is 0 Å². The zero-order chi connectivity index (χ0) is 21.8. The first-order valence-corrected chi connectivity index (χ1v) is 11.4. The van der Waals surface area contributed by atoms with Gasteiger partial charge in [0.05, 0.1) is 24.5 Å². The van der Waals surface area contributed by atoms with E-state index in [4.69, 9.17) is 4.74 Å². The van der Waals surface area contributed by atoms with Gasteiger partial charge in [0, 0.05) is 31.9 Å². The standard InChI is InChI=1S/C23H29N7O2/c31-22(17-9-10-19(24-15-17)16-29-11-13-32-14-12-29)27-23-26-21-8-4-7-20(30(21)28-23)25-18-5-2-1-3-6-18/h4,7-10,15,18,25H,1-3,5-6,11-14,16H2,(H,27,28,31). The number of aromatic nitrogens is 4. The van der Waals surface area contributed by atoms with Gasteiger partial charge in [0.15, 0.2) is 5.65 Å². The van der Waals surface area contributed by atoms with Crippen molar-refractivity contribution in [3.63, 3.8) is 0 Å². The molecule has 0 unspecified atom stereocenters. The number of carbonyl (C=O) groups excluding carboxylic acids is 1. The Kier molecular flexibility index (Phi) is 6.27. The molecule has 9 nitrogen and oxygen atoms in total. The molecule has 32 heavy (non-hydrogen) atoms. The van der Waals surface area contributed by atoms with Crippen molar-refractivity contribution in [1.82, 2.24) is 24.5 Å². The monoisotopic (exact) mass is 435 g/mol. The Labute approximate surface area is 187 Å². The zero-order valence-electron chi connectivity index (χ0n) is 18.2. The van der Waals surface area contributed by atoms with Crippen LogP contribution in [0.4, 0.5) is 11.8 Å². The van der Waals surface area contributed by atoms with E-state index >= 15 is 0 Å². The smallest absolute Gasteiger partial charge is 0.259 e. The predicted molar refractivity (Wildman–Crippen MR) is 122 cm³/mol. The summed E-state index contributed by atoms with van der Waals surface area (Å²) in [4.78, 5) is 23.9. The highest BCUT2D eigenvalue weighted by Gasteiger charge is 2.17. The minimum atomic E-state index is -0.270. The van der Waals surface area contributed by atoms with E-state index in [0.29, 0.717) is 17.3 Å². The van der Waals surface area contributed by atoms with Crippen LogP contribution in [-0.2, 0) is 11.3 Å². The molecule has 3 aromatic rings. The first kappa shape index (κ1) is 20.8. The summed E-state index contributed by atoms with van der Waals surface area (Å²) in [6.07, 6.45) is 7.77. The number of nitrogens with zero attached hydrogens (tertiary/aromatic N) is 5. The van der Waals surface area contributed by atoms with E-state index < -0.39 is 0 Å². The SMILES string of the molecule is O=C(Nc1nc2cccc(NC3CCCCC3)n2n1)c1ccc(CN2CCOCC2)nc1. The fourth-order valence-corrected chi connectivity index (χ4v) is 4.34. The molecule has 3 aromatic heterocycles. The van der Waals surface area contributed by atoms with Crippen LogP contribution in [0.2, 0.25) is 0 Å². The first-order chi connectivity index (χ1) is 15.7. The number of nitrogens with one attached hydrogen (secondary N) is 2. The summed E-state index contributed by atoms with van der Waals surface area (Å²) in [6, 6.07) is 9.99. The lowest BCUT2D eigenvalue weighted by Crippen LogP contribution is -2.35. The van der Waals surface area contributed by atoms with Crippen LogP contribution < -0.4 is 10.6 Å². The summed E-state index contributed by atoms with van der Waals surface area (Å²) in [5.74, 6) is 0.912. The van der Waals surface area contributed by atoms with E-state index in [1.807, 2.05) is 24.3 Å². The van der Waals surface area contributed by atoms with Crippen LogP contribution in [-0.4, -0.2) is 62.7 Å². The Balaban J connectivity index is 1.24. The number of hydrogen-bond donors (Lipinski definition) is 2. The van der Waals surface area contributed by atoms with Crippen LogP contribution in [0.15, 0.2) is 36.5 Å². The number of amides is 1. The van der Waals surface area contributed by atoms with Crippen molar-refractivity contribution in [3.05, 3.63) is 47.8 Å². The highest BCUT2D eigenvalue weighted by atomic mass is 16.5. The summed E-state index contributed by atoms with van der Waals surface area (Å²) in [7, 11) is 0. The molecular formula is C23H29N7O2. The van der Waals surface area contributed by atoms with Crippen LogP contribution in [0.3, 0.4) is 0 Å². The molecule has 2 N–H and O–H groups in total. The minimum Gasteiger partial charge on any atom is -0.379 e. The Morgan fingerprint density at radius 3 is 2.72 bits per heavy atom. The largest absolute Gasteiger partial charge is 0.379 e. The average molecular weight is 436 g/mol. The molecule has 0 bridgehead atoms. The summed E-state index contributed by atoms with van der Waals surface area (Å²) < 4.78 is 7.14. The Hall–Kier alpha value is -3.04. The van der Waals surface area contributed by atoms with Crippen molar-refractivity contribution in [3.8, 4) is 0 Å². The molecule has 1 saturated heterocycles. The van der Waals surface area contributed by atoms with Gasteiger partial charge < -0.3 is 10.1 Å². The third-order valence-corrected chi connectivity index (χ3v) is 6.12. The van der Waals surface area contributed by atoms with E-state index in [9.17, 15) is 4.79 Å². The molecule has 168 valence electrons. The van der Waals surface area contributed by atoms with E-state index in [-0.39, 0.29) is 11.9 Å². The predicted octanol–water partition coefficient (Wildman–Crippen LogP) is 2.95. The number of pyridine rings is 2. The fourth-order valence-electron chi connectivity index (χ4n) is 4.34. The van der Waals surface area contributed by atoms with Crippen molar-refractivity contribution in [2.24, 2.45) is 0 Å². The third kappa shape index (κ3) is 4.89. The van der Waals surface area contributed by atoms with E-state index in [1.165, 1.54) is 32.1 Å². The molecule has 0 radical (unpaired) electrons. The van der Waals surface area contributed by atoms with Crippen LogP contribution in [0.5, 0.6) is 0 Å². The quantitative estimate of drug-likeness (QED) is 0.614. The number of carbonyl (C=O) groups is 1. The van der Waals surface area contributed by atoms with Crippen molar-refractivity contribution in [1.29, 1.82) is 0 Å². The minimum absolute atomic E-state index is 0.270. The van der Waals surface area contributed by atoms with Gasteiger partial charge in [0.1, 0.15) is 5.82 Å². The highest BCUT2D eigenvalue weighted by Crippen LogP contribution is 2.22. The molecule has 9 heteroatoms. The van der Waals surface area contributed by atoms with Gasteiger partial charge in [0.25, 0.3) is 5.91 Å². The fraction of sp³-hybridized carbons (Fsp3) is 0.478. The summed E-state index contributed by atoms with van der Waals surface area (Å²) in [5, 5.41) is 10.9. The van der Waals surface area contributed by atoms with Gasteiger partial charge in [-0.1, -0.05) is 25.3 Å². The number of rotatable bonds is 6. The van der Waals surface area contributed by atoms with E-state index in [1.54, 1.807) is 16.8 Å². The van der Waals surface area contributed by atoms with Gasteiger partial charge in [0.2, 0.25) is 5.95 Å². The molecule has 2 fully saturated rings. The maximum absolute atomic E-state index is 12.7. The van der Waals surface area contributed by atoms with Crippen molar-refractivity contribution in [2.45, 2.75) is 44.7 Å². The van der Waals surface area contributed by atoms with Gasteiger partial charge in [-0.2, -0.15) is 9.50 Å². The Morgan fingerprint density at radius 1 is 1.09 bits per heavy atom. The molecule has 0 spiro atoms. The normalized spacial score (nSPS) is 18.0. The van der Waals surface area contributed by atoms with Crippen LogP contribution in [0.1, 0.15) is 48.2 Å². The lowest BCUT2D eigenvalue weighted by molar-refractivity contribution is 0.0336. The van der Waals surface area contributed by atoms with Crippen molar-refractivity contribution >= 4 is 23.3 Å². The highest BCUT2D eigenvalue weighted by molar-refractivity contribution is 6.03. The van der Waals surface area contributed by atoms with E-state index in [2.05, 4.69) is 30.6 Å². The number of ether oxygens (including phenoxy) is 1. The van der Waals surface area contributed by atoms with E-state index in [0.717, 1.165) is 44.4 Å². The molecule has 2 aliphatic rings. The third-order valence-electron chi connectivity index (χ3n) is 6.12. The molecular weight excluding hydrogens is 406 g/mol. The molecule has 1 aliphatic heterocycles. The van der Waals surface area contributed by atoms with Gasteiger partial charge in [-0.3, -0.25) is 20.0 Å². The van der Waals surface area contributed by atoms with Gasteiger partial charge in [-0.05, 0) is 37.1 Å². The van der Waals surface area contributed by atoms with Crippen molar-refractivity contribution in [2.75, 3.05) is 36.9 Å². The summed E-state index contributed by atoms with van der Waals surface area (Å²) in [6.45, 7) is 4.08. The Morgan fingerprint density at radius 2 is 1.94 bits per heavy atom. The van der Waals surface area contributed by atoms with Gasteiger partial charge in [-0.25, -0.2) is 0 Å². The number of fused-ring (bicyclic) bond motifs is 1. The molecule has 4 heterocycles. The molecule has 0 atom stereocenters. The molecule has 1 aliphatic carbocycles. The summed E-state index contributed by atoms with van der Waals surface area (Å²) >= 11 is 0. The maximum atomic E-state index is 12.7. The van der Waals surface area contributed by atoms with Crippen molar-refractivity contribution < 1.29 is 9.53 Å². The lowest BCUT2D eigenvalue weighted by Gasteiger charge is -2.26. The maximum Gasteiger partial charge on any atom is 0.259 e. The summed E-state index contributed by atoms with van der Waals surface area (Å²) in [5.41, 5.74) is 2.11. The number of morpholine rings is 1. The van der Waals surface area contributed by atoms with Gasteiger partial charge in [-0.15, -0.1) is 5.10 Å². The molecule has 1 amide bonds. The zero-order valence-corrected chi connectivity index (χ0v) is 18.2. The Bertz CT molecular complexity index is 1050. The lowest BCUT2D eigenvalue weighted by atomic mass is 9.95. The first-order valence-electron chi connectivity index (χ1n) is 11.4. The second kappa shape index (κ2) is 9.62. The molecule has 0 aromatic carbocycles. The molecule has 5 rings (SSSR count). The topological polar surface area (TPSA) is 96.7 Å². The second-order valence-corrected chi connectivity index (χ2v) is 8.48. The van der Waals surface area contributed by atoms with Crippen LogP contribution in [0.25, 0.3) is 5.65 Å². The van der Waals surface area contributed by atoms with Gasteiger partial charge >= 0.3 is 0 Å². The number of anilines is 2. The average Bonchev–Trinajstić information content (AvgIpc) is 3.24. The number of hydrogen-bond acceptors (Lipinski definition) is 7. The molecule has 1 saturated carbocycles. The van der Waals surface area contributed by atoms with Crippen LogP contribution in [0, 0.1) is 0 Å². The second-order valence-electron chi connectivity index (χ2n) is 8.48.